The molecular weight excluding hydrogens is 428 g/mol. The lowest BCUT2D eigenvalue weighted by atomic mass is 10.1. The summed E-state index contributed by atoms with van der Waals surface area (Å²) in [5.74, 6) is -0.453. The van der Waals surface area contributed by atoms with E-state index in [9.17, 15) is 14.4 Å². The second kappa shape index (κ2) is 9.49. The molecule has 2 amide bonds. The first-order valence-electron chi connectivity index (χ1n) is 9.93. The fourth-order valence-corrected chi connectivity index (χ4v) is 3.37. The standard InChI is InChI=1S/C25H19ClN2O4/c26-20-10-8-18(9-11-20)24(30)27-21-5-1-3-17(15-21)7-12-23(29)19-4-2-6-22(16-19)28-13-14-32-25(28)31/h1-12,15-16H,13-14H2,(H,27,30). The van der Waals surface area contributed by atoms with E-state index in [2.05, 4.69) is 5.32 Å². The van der Waals surface area contributed by atoms with E-state index in [0.717, 1.165) is 5.56 Å². The van der Waals surface area contributed by atoms with E-state index in [-0.39, 0.29) is 11.7 Å². The molecule has 160 valence electrons. The molecule has 0 radical (unpaired) electrons. The molecule has 1 fully saturated rings. The molecule has 0 aromatic heterocycles. The van der Waals surface area contributed by atoms with Crippen molar-refractivity contribution in [1.82, 2.24) is 0 Å². The number of ether oxygens (including phenoxy) is 1. The van der Waals surface area contributed by atoms with E-state index < -0.39 is 6.09 Å². The summed E-state index contributed by atoms with van der Waals surface area (Å²) < 4.78 is 4.95. The molecule has 32 heavy (non-hydrogen) atoms. The van der Waals surface area contributed by atoms with E-state index >= 15 is 0 Å². The number of allylic oxidation sites excluding steroid dienone is 1. The van der Waals surface area contributed by atoms with Gasteiger partial charge in [0, 0.05) is 27.5 Å². The van der Waals surface area contributed by atoms with Gasteiger partial charge in [0.05, 0.1) is 6.54 Å². The number of carbonyl (C=O) groups excluding carboxylic acids is 3. The van der Waals surface area contributed by atoms with Gasteiger partial charge in [-0.25, -0.2) is 4.79 Å². The number of ketones is 1. The molecule has 0 saturated carbocycles. The maximum Gasteiger partial charge on any atom is 0.414 e. The summed E-state index contributed by atoms with van der Waals surface area (Å²) in [6.07, 6.45) is 2.72. The Kier molecular flexibility index (Phi) is 6.33. The van der Waals surface area contributed by atoms with Gasteiger partial charge in [0.15, 0.2) is 5.78 Å². The minimum Gasteiger partial charge on any atom is -0.447 e. The molecule has 3 aromatic rings. The summed E-state index contributed by atoms with van der Waals surface area (Å²) in [6.45, 7) is 0.794. The highest BCUT2D eigenvalue weighted by Gasteiger charge is 2.23. The van der Waals surface area contributed by atoms with Crippen LogP contribution in [0.3, 0.4) is 0 Å². The Balaban J connectivity index is 1.44. The van der Waals surface area contributed by atoms with Gasteiger partial charge in [-0.15, -0.1) is 0 Å². The van der Waals surface area contributed by atoms with Gasteiger partial charge in [-0.1, -0.05) is 41.9 Å². The van der Waals surface area contributed by atoms with E-state index in [4.69, 9.17) is 16.3 Å². The van der Waals surface area contributed by atoms with Crippen molar-refractivity contribution in [2.75, 3.05) is 23.4 Å². The zero-order valence-electron chi connectivity index (χ0n) is 17.0. The Labute approximate surface area is 190 Å². The average molecular weight is 447 g/mol. The summed E-state index contributed by atoms with van der Waals surface area (Å²) in [7, 11) is 0. The SMILES string of the molecule is O=C(C=Cc1cccc(NC(=O)c2ccc(Cl)cc2)c1)c1cccc(N2CCOC2=O)c1. The molecular formula is C25H19ClN2O4. The van der Waals surface area contributed by atoms with Gasteiger partial charge in [-0.2, -0.15) is 0 Å². The Hall–Kier alpha value is -3.90. The largest absolute Gasteiger partial charge is 0.447 e. The maximum atomic E-state index is 12.6. The number of carbonyl (C=O) groups is 3. The predicted molar refractivity (Wildman–Crippen MR) is 124 cm³/mol. The molecule has 3 aromatic carbocycles. The molecule has 1 heterocycles. The minimum absolute atomic E-state index is 0.199. The first-order valence-corrected chi connectivity index (χ1v) is 10.3. The summed E-state index contributed by atoms with van der Waals surface area (Å²) in [6, 6.07) is 20.6. The summed E-state index contributed by atoms with van der Waals surface area (Å²) in [5, 5.41) is 3.39. The number of anilines is 2. The molecule has 6 nitrogen and oxygen atoms in total. The molecule has 0 bridgehead atoms. The quantitative estimate of drug-likeness (QED) is 0.404. The molecule has 7 heteroatoms. The maximum absolute atomic E-state index is 12.6. The summed E-state index contributed by atoms with van der Waals surface area (Å²) >= 11 is 5.86. The van der Waals surface area contributed by atoms with Crippen molar-refractivity contribution >= 4 is 46.8 Å². The Bertz CT molecular complexity index is 1200. The number of nitrogens with one attached hydrogen (secondary N) is 1. The van der Waals surface area contributed by atoms with E-state index in [1.165, 1.54) is 11.0 Å². The van der Waals surface area contributed by atoms with Crippen molar-refractivity contribution in [3.05, 3.63) is 101 Å². The highest BCUT2D eigenvalue weighted by atomic mass is 35.5. The van der Waals surface area contributed by atoms with E-state index in [0.29, 0.717) is 40.7 Å². The van der Waals surface area contributed by atoms with Gasteiger partial charge in [-0.3, -0.25) is 14.5 Å². The van der Waals surface area contributed by atoms with E-state index in [1.807, 2.05) is 6.07 Å². The van der Waals surface area contributed by atoms with Crippen LogP contribution in [-0.2, 0) is 4.74 Å². The van der Waals surface area contributed by atoms with Gasteiger partial charge >= 0.3 is 6.09 Å². The zero-order valence-corrected chi connectivity index (χ0v) is 17.7. The third-order valence-electron chi connectivity index (χ3n) is 4.88. The van der Waals surface area contributed by atoms with Crippen molar-refractivity contribution in [1.29, 1.82) is 0 Å². The van der Waals surface area contributed by atoms with Crippen LogP contribution >= 0.6 is 11.6 Å². The lowest BCUT2D eigenvalue weighted by molar-refractivity contribution is 0.102. The Morgan fingerprint density at radius 1 is 0.969 bits per heavy atom. The monoisotopic (exact) mass is 446 g/mol. The molecule has 1 saturated heterocycles. The van der Waals surface area contributed by atoms with Crippen molar-refractivity contribution in [2.24, 2.45) is 0 Å². The third kappa shape index (κ3) is 5.04. The number of cyclic esters (lactones) is 1. The number of hydrogen-bond acceptors (Lipinski definition) is 4. The summed E-state index contributed by atoms with van der Waals surface area (Å²) in [5.41, 5.74) is 2.94. The normalized spacial score (nSPS) is 13.3. The number of nitrogens with zero attached hydrogens (tertiary/aromatic N) is 1. The van der Waals surface area contributed by atoms with Gasteiger partial charge in [-0.05, 0) is 60.2 Å². The smallest absolute Gasteiger partial charge is 0.414 e. The van der Waals surface area contributed by atoms with Crippen LogP contribution < -0.4 is 10.2 Å². The highest BCUT2D eigenvalue weighted by Crippen LogP contribution is 2.21. The zero-order chi connectivity index (χ0) is 22.5. The molecule has 1 aliphatic heterocycles. The van der Waals surface area contributed by atoms with Gasteiger partial charge in [0.1, 0.15) is 6.61 Å². The van der Waals surface area contributed by atoms with Gasteiger partial charge in [0.2, 0.25) is 0 Å². The lowest BCUT2D eigenvalue weighted by Crippen LogP contribution is -2.23. The lowest BCUT2D eigenvalue weighted by Gasteiger charge is -2.13. The number of hydrogen-bond donors (Lipinski definition) is 1. The van der Waals surface area contributed by atoms with Crippen LogP contribution in [0.5, 0.6) is 0 Å². The third-order valence-corrected chi connectivity index (χ3v) is 5.13. The van der Waals surface area contributed by atoms with Crippen molar-refractivity contribution in [3.8, 4) is 0 Å². The molecule has 0 spiro atoms. The first-order chi connectivity index (χ1) is 15.5. The number of benzene rings is 3. The van der Waals surface area contributed by atoms with Crippen molar-refractivity contribution < 1.29 is 19.1 Å². The second-order valence-electron chi connectivity index (χ2n) is 7.10. The van der Waals surface area contributed by atoms with Gasteiger partial charge < -0.3 is 10.1 Å². The summed E-state index contributed by atoms with van der Waals surface area (Å²) in [4.78, 5) is 38.3. The van der Waals surface area contributed by atoms with Crippen LogP contribution in [0.25, 0.3) is 6.08 Å². The molecule has 4 rings (SSSR count). The predicted octanol–water partition coefficient (Wildman–Crippen LogP) is 5.45. The van der Waals surface area contributed by atoms with Crippen LogP contribution in [0.4, 0.5) is 16.2 Å². The van der Waals surface area contributed by atoms with Crippen LogP contribution in [0.1, 0.15) is 26.3 Å². The fourth-order valence-electron chi connectivity index (χ4n) is 3.25. The molecule has 0 unspecified atom stereocenters. The topological polar surface area (TPSA) is 75.7 Å². The molecule has 0 aliphatic carbocycles. The average Bonchev–Trinajstić information content (AvgIpc) is 3.24. The van der Waals surface area contributed by atoms with E-state index in [1.54, 1.807) is 72.8 Å². The fraction of sp³-hybridized carbons (Fsp3) is 0.0800. The van der Waals surface area contributed by atoms with Crippen LogP contribution in [0, 0.1) is 0 Å². The molecule has 1 N–H and O–H groups in total. The van der Waals surface area contributed by atoms with Gasteiger partial charge in [0.25, 0.3) is 5.91 Å². The van der Waals surface area contributed by atoms with Crippen molar-refractivity contribution in [2.45, 2.75) is 0 Å². The van der Waals surface area contributed by atoms with Crippen LogP contribution in [0.15, 0.2) is 78.9 Å². The minimum atomic E-state index is -0.414. The van der Waals surface area contributed by atoms with Crippen LogP contribution in [-0.4, -0.2) is 30.9 Å². The molecule has 1 aliphatic rings. The first kappa shape index (κ1) is 21.3. The number of rotatable bonds is 6. The molecule has 0 atom stereocenters. The Morgan fingerprint density at radius 3 is 2.50 bits per heavy atom. The number of amides is 2. The van der Waals surface area contributed by atoms with Crippen LogP contribution in [0.2, 0.25) is 5.02 Å². The highest BCUT2D eigenvalue weighted by molar-refractivity contribution is 6.30. The second-order valence-corrected chi connectivity index (χ2v) is 7.54. The van der Waals surface area contributed by atoms with Crippen molar-refractivity contribution in [3.63, 3.8) is 0 Å². The Morgan fingerprint density at radius 2 is 1.75 bits per heavy atom. The number of halogens is 1.